The predicted octanol–water partition coefficient (Wildman–Crippen LogP) is -0.406. The third-order valence-electron chi connectivity index (χ3n) is 2.97. The van der Waals surface area contributed by atoms with E-state index < -0.39 is 24.8 Å². The molecule has 116 valence electrons. The fraction of sp³-hybridized carbons (Fsp3) is 0.286. The molecule has 0 atom stereocenters. The second kappa shape index (κ2) is 5.82. The Hall–Kier alpha value is -2.32. The van der Waals surface area contributed by atoms with Crippen molar-refractivity contribution in [1.29, 1.82) is 0 Å². The second-order valence-corrected chi connectivity index (χ2v) is 5.11. The monoisotopic (exact) mass is 306 g/mol. The van der Waals surface area contributed by atoms with E-state index in [0.29, 0.717) is 11.3 Å². The average molecular weight is 306 g/mol. The first kappa shape index (κ1) is 16.1. The number of methoxy groups -OCH3 is 1. The van der Waals surface area contributed by atoms with Crippen LogP contribution in [0.1, 0.15) is 19.4 Å². The molecule has 1 aliphatic rings. The van der Waals surface area contributed by atoms with Gasteiger partial charge in [0.15, 0.2) is 0 Å². The molecule has 2 N–H and O–H groups in total. The lowest BCUT2D eigenvalue weighted by molar-refractivity contribution is -0.222. The van der Waals surface area contributed by atoms with Crippen molar-refractivity contribution in [3.63, 3.8) is 0 Å². The summed E-state index contributed by atoms with van der Waals surface area (Å²) in [7, 11) is -0.278. The van der Waals surface area contributed by atoms with Crippen LogP contribution in [0.25, 0.3) is 6.08 Å². The van der Waals surface area contributed by atoms with Crippen molar-refractivity contribution in [2.75, 3.05) is 7.11 Å². The third kappa shape index (κ3) is 3.29. The van der Waals surface area contributed by atoms with Gasteiger partial charge in [-0.05, 0) is 17.6 Å². The van der Waals surface area contributed by atoms with E-state index in [1.54, 1.807) is 0 Å². The molecule has 8 heteroatoms. The van der Waals surface area contributed by atoms with E-state index in [9.17, 15) is 19.6 Å². The predicted molar refractivity (Wildman–Crippen MR) is 77.1 cm³/mol. The summed E-state index contributed by atoms with van der Waals surface area (Å²) in [6.45, 7) is 2.89. The van der Waals surface area contributed by atoms with Gasteiger partial charge in [0.25, 0.3) is 5.79 Å². The Balaban J connectivity index is 2.45. The minimum absolute atomic E-state index is 0.186. The van der Waals surface area contributed by atoms with Crippen LogP contribution in [0.5, 0.6) is 5.75 Å². The molecule has 1 aromatic rings. The molecule has 7 nitrogen and oxygen atoms in total. The number of esters is 2. The molecule has 0 spiro atoms. The van der Waals surface area contributed by atoms with Crippen LogP contribution in [-0.2, 0) is 19.1 Å². The molecule has 1 aliphatic heterocycles. The Bertz CT molecular complexity index is 627. The van der Waals surface area contributed by atoms with Crippen molar-refractivity contribution < 1.29 is 33.8 Å². The van der Waals surface area contributed by atoms with Gasteiger partial charge in [-0.3, -0.25) is 0 Å². The Morgan fingerprint density at radius 1 is 1.18 bits per heavy atom. The number of hydrogen-bond acceptors (Lipinski definition) is 7. The first-order chi connectivity index (χ1) is 10.2. The third-order valence-corrected chi connectivity index (χ3v) is 2.97. The van der Waals surface area contributed by atoms with Gasteiger partial charge in [-0.25, -0.2) is 9.59 Å². The molecule has 0 aliphatic carbocycles. The number of cyclic esters (lactones) is 2. The van der Waals surface area contributed by atoms with Gasteiger partial charge in [0.2, 0.25) is 0 Å². The largest absolute Gasteiger partial charge is 0.496 e. The molecule has 2 rings (SSSR count). The van der Waals surface area contributed by atoms with Crippen molar-refractivity contribution >= 4 is 30.6 Å². The maximum atomic E-state index is 11.9. The lowest BCUT2D eigenvalue weighted by Crippen LogP contribution is -2.41. The van der Waals surface area contributed by atoms with Crippen LogP contribution in [0.3, 0.4) is 0 Å². The number of hydrogen-bond donors (Lipinski definition) is 2. The molecular weight excluding hydrogens is 291 g/mol. The first-order valence-corrected chi connectivity index (χ1v) is 6.46. The molecule has 0 aromatic heterocycles. The van der Waals surface area contributed by atoms with E-state index in [1.165, 1.54) is 45.2 Å². The van der Waals surface area contributed by atoms with E-state index in [0.717, 1.165) is 0 Å². The molecule has 1 aromatic carbocycles. The summed E-state index contributed by atoms with van der Waals surface area (Å²) in [6, 6.07) is 4.33. The maximum Gasteiger partial charge on any atom is 0.488 e. The van der Waals surface area contributed by atoms with Crippen molar-refractivity contribution in [3.05, 3.63) is 29.3 Å². The zero-order valence-corrected chi connectivity index (χ0v) is 12.3. The first-order valence-electron chi connectivity index (χ1n) is 6.46. The molecule has 22 heavy (non-hydrogen) atoms. The van der Waals surface area contributed by atoms with Gasteiger partial charge >= 0.3 is 19.1 Å². The summed E-state index contributed by atoms with van der Waals surface area (Å²) in [5, 5.41) is 18.4. The van der Waals surface area contributed by atoms with Crippen LogP contribution in [0.4, 0.5) is 0 Å². The van der Waals surface area contributed by atoms with Crippen LogP contribution >= 0.6 is 0 Å². The van der Waals surface area contributed by atoms with E-state index in [1.807, 2.05) is 0 Å². The lowest BCUT2D eigenvalue weighted by Gasteiger charge is -2.29. The summed E-state index contributed by atoms with van der Waals surface area (Å²) >= 11 is 0. The highest BCUT2D eigenvalue weighted by Gasteiger charge is 2.39. The fourth-order valence-electron chi connectivity index (χ4n) is 1.96. The summed E-state index contributed by atoms with van der Waals surface area (Å²) < 4.78 is 15.1. The Labute approximate surface area is 127 Å². The SMILES string of the molecule is COc1ccc(B(O)O)cc1C=C1C(=O)OC(C)(C)OC1=O. The quantitative estimate of drug-likeness (QED) is 0.339. The van der Waals surface area contributed by atoms with E-state index in [-0.39, 0.29) is 11.0 Å². The van der Waals surface area contributed by atoms with Crippen molar-refractivity contribution in [3.8, 4) is 5.75 Å². The highest BCUT2D eigenvalue weighted by atomic mass is 16.7. The smallest absolute Gasteiger partial charge is 0.488 e. The van der Waals surface area contributed by atoms with Gasteiger partial charge in [-0.1, -0.05) is 12.1 Å². The second-order valence-electron chi connectivity index (χ2n) is 5.11. The fourth-order valence-corrected chi connectivity index (χ4v) is 1.96. The molecule has 0 unspecified atom stereocenters. The highest BCUT2D eigenvalue weighted by Crippen LogP contribution is 2.26. The normalized spacial score (nSPS) is 16.7. The van der Waals surface area contributed by atoms with Crippen LogP contribution in [0.15, 0.2) is 23.8 Å². The lowest BCUT2D eigenvalue weighted by atomic mass is 9.79. The zero-order valence-electron chi connectivity index (χ0n) is 12.3. The molecule has 1 saturated heterocycles. The molecule has 0 radical (unpaired) electrons. The topological polar surface area (TPSA) is 102 Å². The molecule has 0 amide bonds. The van der Waals surface area contributed by atoms with Gasteiger partial charge < -0.3 is 24.3 Å². The number of ether oxygens (including phenoxy) is 3. The van der Waals surface area contributed by atoms with E-state index in [2.05, 4.69) is 0 Å². The summed E-state index contributed by atoms with van der Waals surface area (Å²) in [5.74, 6) is -2.61. The van der Waals surface area contributed by atoms with E-state index >= 15 is 0 Å². The van der Waals surface area contributed by atoms with Gasteiger partial charge in [0.05, 0.1) is 7.11 Å². The number of carbonyl (C=O) groups is 2. The summed E-state index contributed by atoms with van der Waals surface area (Å²) in [4.78, 5) is 23.8. The number of benzene rings is 1. The van der Waals surface area contributed by atoms with Crippen LogP contribution in [0.2, 0.25) is 0 Å². The van der Waals surface area contributed by atoms with Gasteiger partial charge in [0, 0.05) is 19.4 Å². The molecule has 0 saturated carbocycles. The van der Waals surface area contributed by atoms with Crippen LogP contribution in [0, 0.1) is 0 Å². The van der Waals surface area contributed by atoms with Gasteiger partial charge in [-0.15, -0.1) is 0 Å². The van der Waals surface area contributed by atoms with Gasteiger partial charge in [-0.2, -0.15) is 0 Å². The molecule has 0 bridgehead atoms. The van der Waals surface area contributed by atoms with Gasteiger partial charge in [0.1, 0.15) is 11.3 Å². The van der Waals surface area contributed by atoms with E-state index in [4.69, 9.17) is 14.2 Å². The summed E-state index contributed by atoms with van der Waals surface area (Å²) in [5.41, 5.74) is 0.199. The van der Waals surface area contributed by atoms with Crippen LogP contribution < -0.4 is 10.2 Å². The molecule has 1 fully saturated rings. The summed E-state index contributed by atoms with van der Waals surface area (Å²) in [6.07, 6.45) is 1.23. The average Bonchev–Trinajstić information content (AvgIpc) is 2.41. The van der Waals surface area contributed by atoms with Crippen molar-refractivity contribution in [2.45, 2.75) is 19.6 Å². The number of rotatable bonds is 3. The van der Waals surface area contributed by atoms with Crippen molar-refractivity contribution in [1.82, 2.24) is 0 Å². The van der Waals surface area contributed by atoms with Crippen molar-refractivity contribution in [2.24, 2.45) is 0 Å². The standard InChI is InChI=1S/C14H15BO7/c1-14(2)21-12(16)10(13(17)22-14)7-8-6-9(15(18)19)4-5-11(8)20-3/h4-7,18-19H,1-3H3. The van der Waals surface area contributed by atoms with Crippen LogP contribution in [-0.4, -0.2) is 42.0 Å². The highest BCUT2D eigenvalue weighted by molar-refractivity contribution is 6.58. The minimum atomic E-state index is -1.69. The Kier molecular flexibility index (Phi) is 4.25. The molecular formula is C14H15BO7. The molecule has 1 heterocycles. The maximum absolute atomic E-state index is 11.9. The Morgan fingerprint density at radius 2 is 1.77 bits per heavy atom. The Morgan fingerprint density at radius 3 is 2.27 bits per heavy atom. The minimum Gasteiger partial charge on any atom is -0.496 e. The zero-order chi connectivity index (χ0) is 16.5. The number of carbonyl (C=O) groups excluding carboxylic acids is 2.